The highest BCUT2D eigenvalue weighted by molar-refractivity contribution is 6.04. The lowest BCUT2D eigenvalue weighted by Crippen LogP contribution is -2.21. The second-order valence-electron chi connectivity index (χ2n) is 10.1. The van der Waals surface area contributed by atoms with Gasteiger partial charge in [-0.15, -0.1) is 0 Å². The van der Waals surface area contributed by atoms with E-state index in [0.717, 1.165) is 61.9 Å². The Labute approximate surface area is 192 Å². The second kappa shape index (κ2) is 6.94. The van der Waals surface area contributed by atoms with Gasteiger partial charge in [0, 0.05) is 37.6 Å². The van der Waals surface area contributed by atoms with Gasteiger partial charge in [0.15, 0.2) is 11.1 Å². The van der Waals surface area contributed by atoms with E-state index in [0.29, 0.717) is 23.0 Å². The average molecular weight is 441 g/mol. The minimum absolute atomic E-state index is 0.0133. The minimum atomic E-state index is -0.0133. The van der Waals surface area contributed by atoms with Crippen LogP contribution in [0.3, 0.4) is 0 Å². The maximum absolute atomic E-state index is 13.7. The maximum atomic E-state index is 13.7. The van der Waals surface area contributed by atoms with Gasteiger partial charge in [-0.1, -0.05) is 25.1 Å². The van der Waals surface area contributed by atoms with Gasteiger partial charge in [0.1, 0.15) is 0 Å². The average Bonchev–Trinajstić information content (AvgIpc) is 3.20. The van der Waals surface area contributed by atoms with E-state index in [-0.39, 0.29) is 11.6 Å². The molecule has 3 aliphatic rings. The largest absolute Gasteiger partial charge is 0.422 e. The first kappa shape index (κ1) is 19.4. The topological polar surface area (TPSA) is 63.3 Å². The highest BCUT2D eigenvalue weighted by Gasteiger charge is 2.31. The lowest BCUT2D eigenvalue weighted by atomic mass is 9.95. The first-order valence-corrected chi connectivity index (χ1v) is 12.1. The Kier molecular flexibility index (Phi) is 4.07. The molecule has 2 aliphatic heterocycles. The Morgan fingerprint density at radius 2 is 1.94 bits per heavy atom. The fourth-order valence-electron chi connectivity index (χ4n) is 5.75. The van der Waals surface area contributed by atoms with Crippen LogP contribution in [0.5, 0.6) is 0 Å². The van der Waals surface area contributed by atoms with E-state index in [1.807, 2.05) is 4.57 Å². The summed E-state index contributed by atoms with van der Waals surface area (Å²) in [5.41, 5.74) is 8.35. The third-order valence-electron chi connectivity index (χ3n) is 7.71. The number of nitrogens with zero attached hydrogens (tertiary/aromatic N) is 3. The van der Waals surface area contributed by atoms with E-state index >= 15 is 0 Å². The Morgan fingerprint density at radius 1 is 1.09 bits per heavy atom. The zero-order valence-electron chi connectivity index (χ0n) is 19.1. The zero-order chi connectivity index (χ0) is 22.3. The highest BCUT2D eigenvalue weighted by atomic mass is 16.4. The van der Waals surface area contributed by atoms with Crippen LogP contribution < -0.4 is 15.8 Å². The summed E-state index contributed by atoms with van der Waals surface area (Å²) in [7, 11) is 0. The van der Waals surface area contributed by atoms with Crippen LogP contribution in [0.2, 0.25) is 0 Å². The number of hydrogen-bond acceptors (Lipinski definition) is 5. The molecule has 0 bridgehead atoms. The number of benzene rings is 2. The van der Waals surface area contributed by atoms with Gasteiger partial charge in [0.05, 0.1) is 5.52 Å². The summed E-state index contributed by atoms with van der Waals surface area (Å²) >= 11 is 0. The number of hydrogen-bond donors (Lipinski definition) is 1. The van der Waals surface area contributed by atoms with Gasteiger partial charge < -0.3 is 19.2 Å². The van der Waals surface area contributed by atoms with Crippen molar-refractivity contribution < 1.29 is 4.42 Å². The van der Waals surface area contributed by atoms with E-state index < -0.39 is 0 Å². The van der Waals surface area contributed by atoms with Gasteiger partial charge in [-0.05, 0) is 72.1 Å². The van der Waals surface area contributed by atoms with Crippen LogP contribution in [-0.4, -0.2) is 22.6 Å². The number of fused-ring (bicyclic) bond motifs is 4. The maximum Gasteiger partial charge on any atom is 0.298 e. The number of nitrogens with one attached hydrogen (secondary N) is 1. The highest BCUT2D eigenvalue weighted by Crippen LogP contribution is 2.41. The zero-order valence-corrected chi connectivity index (χ0v) is 19.1. The predicted octanol–water partition coefficient (Wildman–Crippen LogP) is 4.90. The van der Waals surface area contributed by atoms with Crippen LogP contribution in [0.25, 0.3) is 33.1 Å². The normalized spacial score (nSPS) is 20.3. The molecule has 1 unspecified atom stereocenters. The fourth-order valence-corrected chi connectivity index (χ4v) is 5.75. The van der Waals surface area contributed by atoms with E-state index in [4.69, 9.17) is 9.40 Å². The van der Waals surface area contributed by atoms with Gasteiger partial charge in [-0.2, -0.15) is 4.98 Å². The van der Waals surface area contributed by atoms with Crippen LogP contribution >= 0.6 is 0 Å². The van der Waals surface area contributed by atoms with E-state index in [2.05, 4.69) is 54.4 Å². The first-order chi connectivity index (χ1) is 16.1. The summed E-state index contributed by atoms with van der Waals surface area (Å²) in [6, 6.07) is 11.9. The molecule has 6 heteroatoms. The molecule has 0 spiro atoms. The second-order valence-corrected chi connectivity index (χ2v) is 10.1. The molecule has 4 heterocycles. The number of aromatic nitrogens is 2. The molecule has 1 aliphatic carbocycles. The van der Waals surface area contributed by atoms with Gasteiger partial charge in [-0.3, -0.25) is 4.79 Å². The van der Waals surface area contributed by atoms with Crippen LogP contribution in [-0.2, 0) is 13.1 Å². The Hall–Kier alpha value is -3.12. The molecule has 33 heavy (non-hydrogen) atoms. The Morgan fingerprint density at radius 3 is 2.73 bits per heavy atom. The van der Waals surface area contributed by atoms with Crippen molar-refractivity contribution in [3.63, 3.8) is 0 Å². The molecule has 1 saturated carbocycles. The molecule has 7 rings (SSSR count). The summed E-state index contributed by atoms with van der Waals surface area (Å²) in [4.78, 5) is 20.6. The lowest BCUT2D eigenvalue weighted by molar-refractivity contribution is 0.580. The van der Waals surface area contributed by atoms with Crippen LogP contribution in [0.15, 0.2) is 39.5 Å². The van der Waals surface area contributed by atoms with Crippen LogP contribution in [0.4, 0.5) is 6.01 Å². The van der Waals surface area contributed by atoms with Gasteiger partial charge in [-0.25, -0.2) is 0 Å². The number of rotatable bonds is 3. The molecule has 2 aromatic heterocycles. The molecule has 2 fully saturated rings. The van der Waals surface area contributed by atoms with Crippen molar-refractivity contribution in [2.75, 3.05) is 18.0 Å². The first-order valence-electron chi connectivity index (χ1n) is 12.1. The smallest absolute Gasteiger partial charge is 0.298 e. The molecule has 1 atom stereocenters. The summed E-state index contributed by atoms with van der Waals surface area (Å²) < 4.78 is 8.31. The minimum Gasteiger partial charge on any atom is -0.422 e. The molecule has 1 N–H and O–H groups in total. The van der Waals surface area contributed by atoms with Crippen molar-refractivity contribution in [2.45, 2.75) is 52.2 Å². The summed E-state index contributed by atoms with van der Waals surface area (Å²) in [5.74, 6) is 0.618. The van der Waals surface area contributed by atoms with Crippen molar-refractivity contribution in [2.24, 2.45) is 5.92 Å². The van der Waals surface area contributed by atoms with Crippen molar-refractivity contribution in [3.05, 3.63) is 57.4 Å². The molecular formula is C27H28N4O2. The standard InChI is InChI=1S/C27H28N4O2/c1-15-9-10-30(14-15)27-29-23-25(33-27)22-8-7-21(17-3-4-18-12-28-13-19(18)11-17)16(2)24(22)31(26(23)32)20-5-6-20/h3-4,7-8,11,15,20,28H,5-6,9-10,12-14H2,1-2H3. The van der Waals surface area contributed by atoms with Gasteiger partial charge in [0.25, 0.3) is 11.6 Å². The number of aryl methyl sites for hydroxylation is 1. The van der Waals surface area contributed by atoms with Crippen molar-refractivity contribution in [1.29, 1.82) is 0 Å². The molecule has 6 nitrogen and oxygen atoms in total. The summed E-state index contributed by atoms with van der Waals surface area (Å²) in [6.45, 7) is 8.11. The summed E-state index contributed by atoms with van der Waals surface area (Å²) in [6.07, 6.45) is 3.22. The quantitative estimate of drug-likeness (QED) is 0.491. The Balaban J connectivity index is 1.47. The monoisotopic (exact) mass is 440 g/mol. The molecule has 0 amide bonds. The molecule has 0 radical (unpaired) electrons. The van der Waals surface area contributed by atoms with Crippen molar-refractivity contribution >= 4 is 28.0 Å². The molecular weight excluding hydrogens is 412 g/mol. The van der Waals surface area contributed by atoms with Crippen LogP contribution in [0, 0.1) is 12.8 Å². The third-order valence-corrected chi connectivity index (χ3v) is 7.71. The van der Waals surface area contributed by atoms with E-state index in [1.54, 1.807) is 0 Å². The lowest BCUT2D eigenvalue weighted by Gasteiger charge is -2.16. The molecule has 168 valence electrons. The number of anilines is 1. The SMILES string of the molecule is Cc1c(-c2ccc3c(c2)CNC3)ccc2c3oc(N4CCC(C)C4)nc3c(=O)n(C3CC3)c12. The van der Waals surface area contributed by atoms with Crippen molar-refractivity contribution in [1.82, 2.24) is 14.9 Å². The van der Waals surface area contributed by atoms with Crippen LogP contribution in [0.1, 0.15) is 48.9 Å². The molecule has 1 saturated heterocycles. The molecule has 2 aromatic carbocycles. The van der Waals surface area contributed by atoms with E-state index in [9.17, 15) is 4.79 Å². The van der Waals surface area contributed by atoms with Gasteiger partial charge in [0.2, 0.25) is 0 Å². The van der Waals surface area contributed by atoms with Crippen molar-refractivity contribution in [3.8, 4) is 11.1 Å². The fraction of sp³-hybridized carbons (Fsp3) is 0.407. The number of oxazole rings is 1. The number of pyridine rings is 1. The Bertz CT molecular complexity index is 1490. The van der Waals surface area contributed by atoms with E-state index in [1.165, 1.54) is 22.3 Å². The third kappa shape index (κ3) is 2.90. The van der Waals surface area contributed by atoms with Gasteiger partial charge >= 0.3 is 0 Å². The molecule has 4 aromatic rings. The summed E-state index contributed by atoms with van der Waals surface area (Å²) in [5, 5.41) is 4.42. The predicted molar refractivity (Wildman–Crippen MR) is 131 cm³/mol.